The smallest absolute Gasteiger partial charge is 0.322 e. The van der Waals surface area contributed by atoms with E-state index >= 15 is 0 Å². The van der Waals surface area contributed by atoms with Gasteiger partial charge in [-0.1, -0.05) is 0 Å². The molecule has 100 valence electrons. The Morgan fingerprint density at radius 2 is 2.06 bits per heavy atom. The topological polar surface area (TPSA) is 86.5 Å². The summed E-state index contributed by atoms with van der Waals surface area (Å²) in [4.78, 5) is 11.0. The molecule has 5 nitrogen and oxygen atoms in total. The van der Waals surface area contributed by atoms with E-state index in [0.29, 0.717) is 5.56 Å². The van der Waals surface area contributed by atoms with Gasteiger partial charge in [-0.05, 0) is 30.2 Å². The van der Waals surface area contributed by atoms with Crippen LogP contribution in [0.15, 0.2) is 23.1 Å². The zero-order chi connectivity index (χ0) is 13.9. The highest BCUT2D eigenvalue weighted by atomic mass is 32.2. The number of esters is 1. The molecule has 0 aliphatic rings. The molecule has 1 atom stereocenters. The van der Waals surface area contributed by atoms with E-state index in [2.05, 4.69) is 4.74 Å². The van der Waals surface area contributed by atoms with E-state index < -0.39 is 27.7 Å². The van der Waals surface area contributed by atoms with Crippen molar-refractivity contribution in [1.82, 2.24) is 0 Å². The van der Waals surface area contributed by atoms with E-state index in [1.807, 2.05) is 0 Å². The molecule has 18 heavy (non-hydrogen) atoms. The third-order valence-corrected chi connectivity index (χ3v) is 3.41. The quantitative estimate of drug-likeness (QED) is 0.797. The molecule has 0 radical (unpaired) electrons. The lowest BCUT2D eigenvalue weighted by molar-refractivity contribution is -0.142. The van der Waals surface area contributed by atoms with Crippen molar-refractivity contribution < 1.29 is 22.3 Å². The van der Waals surface area contributed by atoms with E-state index in [1.165, 1.54) is 13.2 Å². The molecule has 0 bridgehead atoms. The predicted octanol–water partition coefficient (Wildman–Crippen LogP) is 0.272. The maximum Gasteiger partial charge on any atom is 0.322 e. The molecule has 1 aromatic carbocycles. The molecule has 0 unspecified atom stereocenters. The van der Waals surface area contributed by atoms with Crippen LogP contribution >= 0.6 is 0 Å². The summed E-state index contributed by atoms with van der Waals surface area (Å²) in [5.41, 5.74) is 5.85. The Bertz CT molecular complexity index is 556. The molecule has 0 aromatic heterocycles. The van der Waals surface area contributed by atoms with Gasteiger partial charge in [-0.3, -0.25) is 4.79 Å². The summed E-state index contributed by atoms with van der Waals surface area (Å²) >= 11 is 0. The largest absolute Gasteiger partial charge is 0.468 e. The number of sulfone groups is 1. The summed E-state index contributed by atoms with van der Waals surface area (Å²) in [6.07, 6.45) is 0.985. The molecule has 0 aliphatic carbocycles. The van der Waals surface area contributed by atoms with Crippen molar-refractivity contribution in [3.05, 3.63) is 29.6 Å². The van der Waals surface area contributed by atoms with E-state index in [0.717, 1.165) is 18.4 Å². The first-order valence-corrected chi connectivity index (χ1v) is 6.96. The van der Waals surface area contributed by atoms with E-state index in [9.17, 15) is 17.6 Å². The summed E-state index contributed by atoms with van der Waals surface area (Å²) in [5, 5.41) is 0. The Labute approximate surface area is 105 Å². The van der Waals surface area contributed by atoms with Gasteiger partial charge in [0.15, 0.2) is 9.84 Å². The van der Waals surface area contributed by atoms with Crippen molar-refractivity contribution in [2.45, 2.75) is 17.4 Å². The Kier molecular flexibility index (Phi) is 4.42. The van der Waals surface area contributed by atoms with Gasteiger partial charge in [-0.25, -0.2) is 12.8 Å². The van der Waals surface area contributed by atoms with Crippen LogP contribution in [-0.2, 0) is 25.8 Å². The fourth-order valence-electron chi connectivity index (χ4n) is 1.44. The predicted molar refractivity (Wildman–Crippen MR) is 63.2 cm³/mol. The summed E-state index contributed by atoms with van der Waals surface area (Å²) in [6.45, 7) is 0. The summed E-state index contributed by atoms with van der Waals surface area (Å²) in [7, 11) is -2.32. The molecule has 0 heterocycles. The lowest BCUT2D eigenvalue weighted by Gasteiger charge is -2.10. The molecule has 1 rings (SSSR count). The molecule has 1 aromatic rings. The highest BCUT2D eigenvalue weighted by molar-refractivity contribution is 7.90. The van der Waals surface area contributed by atoms with Crippen molar-refractivity contribution in [3.8, 4) is 0 Å². The maximum absolute atomic E-state index is 13.3. The molecule has 7 heteroatoms. The van der Waals surface area contributed by atoms with Crippen LogP contribution in [0.2, 0.25) is 0 Å². The molecular weight excluding hydrogens is 261 g/mol. The van der Waals surface area contributed by atoms with Crippen molar-refractivity contribution in [3.63, 3.8) is 0 Å². The normalized spacial score (nSPS) is 13.1. The van der Waals surface area contributed by atoms with E-state index in [4.69, 9.17) is 5.73 Å². The minimum atomic E-state index is -3.51. The number of hydrogen-bond donors (Lipinski definition) is 1. The van der Waals surface area contributed by atoms with Crippen molar-refractivity contribution in [1.29, 1.82) is 0 Å². The fraction of sp³-hybridized carbons (Fsp3) is 0.364. The number of halogens is 1. The Morgan fingerprint density at radius 1 is 1.44 bits per heavy atom. The van der Waals surface area contributed by atoms with Crippen molar-refractivity contribution >= 4 is 15.8 Å². The number of hydrogen-bond acceptors (Lipinski definition) is 5. The zero-order valence-electron chi connectivity index (χ0n) is 10.0. The van der Waals surface area contributed by atoms with Crippen LogP contribution in [0.4, 0.5) is 4.39 Å². The minimum absolute atomic E-state index is 0.00690. The molecule has 0 aliphatic heterocycles. The number of rotatable bonds is 4. The molecule has 0 saturated carbocycles. The molecule has 0 saturated heterocycles. The van der Waals surface area contributed by atoms with Crippen LogP contribution in [0.25, 0.3) is 0 Å². The van der Waals surface area contributed by atoms with Gasteiger partial charge in [0.25, 0.3) is 0 Å². The molecule has 0 fully saturated rings. The summed E-state index contributed by atoms with van der Waals surface area (Å²) in [5.74, 6) is -1.33. The maximum atomic E-state index is 13.3. The van der Waals surface area contributed by atoms with Gasteiger partial charge in [0.05, 0.1) is 12.0 Å². The lowest BCUT2D eigenvalue weighted by atomic mass is 10.1. The van der Waals surface area contributed by atoms with Crippen LogP contribution in [0, 0.1) is 5.82 Å². The third kappa shape index (κ3) is 3.78. The fourth-order valence-corrected chi connectivity index (χ4v) is 2.13. The summed E-state index contributed by atoms with van der Waals surface area (Å²) < 4.78 is 40.4. The lowest BCUT2D eigenvalue weighted by Crippen LogP contribution is -2.33. The number of nitrogens with two attached hydrogens (primary N) is 1. The van der Waals surface area contributed by atoms with Crippen LogP contribution < -0.4 is 5.73 Å². The van der Waals surface area contributed by atoms with Gasteiger partial charge in [0.2, 0.25) is 0 Å². The third-order valence-electron chi connectivity index (χ3n) is 2.32. The first-order valence-electron chi connectivity index (χ1n) is 5.07. The average Bonchev–Trinajstić information content (AvgIpc) is 2.25. The minimum Gasteiger partial charge on any atom is -0.468 e. The van der Waals surface area contributed by atoms with Gasteiger partial charge in [0.1, 0.15) is 11.9 Å². The van der Waals surface area contributed by atoms with Gasteiger partial charge in [-0.2, -0.15) is 0 Å². The second kappa shape index (κ2) is 5.45. The monoisotopic (exact) mass is 275 g/mol. The van der Waals surface area contributed by atoms with Gasteiger partial charge >= 0.3 is 5.97 Å². The number of carbonyl (C=O) groups is 1. The van der Waals surface area contributed by atoms with Crippen LogP contribution in [0.5, 0.6) is 0 Å². The average molecular weight is 275 g/mol. The molecule has 2 N–H and O–H groups in total. The zero-order valence-corrected chi connectivity index (χ0v) is 10.8. The first-order chi connectivity index (χ1) is 8.24. The number of carbonyl (C=O) groups excluding carboxylic acids is 1. The molecule has 0 amide bonds. The Balaban J connectivity index is 3.04. The van der Waals surface area contributed by atoms with Gasteiger partial charge in [-0.15, -0.1) is 0 Å². The van der Waals surface area contributed by atoms with Crippen LogP contribution in [-0.4, -0.2) is 33.8 Å². The highest BCUT2D eigenvalue weighted by Crippen LogP contribution is 2.15. The first kappa shape index (κ1) is 14.6. The molecule has 0 spiro atoms. The second-order valence-electron chi connectivity index (χ2n) is 3.90. The Hall–Kier alpha value is -1.47. The van der Waals surface area contributed by atoms with E-state index in [1.54, 1.807) is 0 Å². The second-order valence-corrected chi connectivity index (χ2v) is 5.92. The molecular formula is C11H14FNO4S. The standard InChI is InChI=1S/C11H14FNO4S/c1-17-11(14)10(13)5-7-3-8(12)6-9(4-7)18(2,15)16/h3-4,6,10H,5,13H2,1-2H3/t10-/m0/s1. The summed E-state index contributed by atoms with van der Waals surface area (Å²) in [6, 6.07) is 2.39. The number of ether oxygens (including phenoxy) is 1. The van der Waals surface area contributed by atoms with E-state index in [-0.39, 0.29) is 11.3 Å². The van der Waals surface area contributed by atoms with Crippen LogP contribution in [0.3, 0.4) is 0 Å². The highest BCUT2D eigenvalue weighted by Gasteiger charge is 2.17. The number of methoxy groups -OCH3 is 1. The number of benzene rings is 1. The van der Waals surface area contributed by atoms with Crippen molar-refractivity contribution in [2.24, 2.45) is 5.73 Å². The van der Waals surface area contributed by atoms with Crippen molar-refractivity contribution in [2.75, 3.05) is 13.4 Å². The van der Waals surface area contributed by atoms with Gasteiger partial charge < -0.3 is 10.5 Å². The Morgan fingerprint density at radius 3 is 2.56 bits per heavy atom. The SMILES string of the molecule is COC(=O)[C@@H](N)Cc1cc(F)cc(S(C)(=O)=O)c1. The van der Waals surface area contributed by atoms with Crippen LogP contribution in [0.1, 0.15) is 5.56 Å². The van der Waals surface area contributed by atoms with Gasteiger partial charge in [0, 0.05) is 6.26 Å².